The number of carbonyl (C=O) groups excluding carboxylic acids is 3. The molecule has 3 rings (SSSR count). The van der Waals surface area contributed by atoms with Crippen molar-refractivity contribution in [2.24, 2.45) is 11.8 Å². The van der Waals surface area contributed by atoms with E-state index in [-0.39, 0.29) is 23.4 Å². The molecule has 8 nitrogen and oxygen atoms in total. The maximum absolute atomic E-state index is 13.1. The molecule has 1 aliphatic rings. The number of rotatable bonds is 8. The lowest BCUT2D eigenvalue weighted by atomic mass is 10.0. The fourth-order valence-corrected chi connectivity index (χ4v) is 3.66. The molecule has 8 heteroatoms. The van der Waals surface area contributed by atoms with Crippen molar-refractivity contribution in [2.75, 3.05) is 13.1 Å². The molecule has 1 aromatic carbocycles. The zero-order valence-electron chi connectivity index (χ0n) is 19.3. The monoisotopic (exact) mass is 439 g/mol. The average Bonchev–Trinajstić information content (AvgIpc) is 3.13. The molecule has 1 aliphatic heterocycles. The van der Waals surface area contributed by atoms with Crippen LogP contribution in [0.25, 0.3) is 0 Å². The van der Waals surface area contributed by atoms with Crippen LogP contribution in [0.3, 0.4) is 0 Å². The molecule has 0 fully saturated rings. The Bertz CT molecular complexity index is 952. The van der Waals surface area contributed by atoms with Crippen LogP contribution >= 0.6 is 0 Å². The van der Waals surface area contributed by atoms with Crippen LogP contribution in [-0.4, -0.2) is 51.5 Å². The third kappa shape index (κ3) is 5.75. The number of hydrogen-bond donors (Lipinski definition) is 2. The maximum atomic E-state index is 13.1. The van der Waals surface area contributed by atoms with E-state index >= 15 is 0 Å². The van der Waals surface area contributed by atoms with Crippen molar-refractivity contribution in [1.82, 2.24) is 25.3 Å². The van der Waals surface area contributed by atoms with E-state index < -0.39 is 11.9 Å². The Labute approximate surface area is 189 Å². The lowest BCUT2D eigenvalue weighted by molar-refractivity contribution is -0.124. The lowest BCUT2D eigenvalue weighted by Crippen LogP contribution is -2.50. The summed E-state index contributed by atoms with van der Waals surface area (Å²) < 4.78 is 1.60. The van der Waals surface area contributed by atoms with Crippen LogP contribution in [0.5, 0.6) is 0 Å². The van der Waals surface area contributed by atoms with E-state index in [9.17, 15) is 14.4 Å². The molecule has 3 amide bonds. The molecule has 0 saturated heterocycles. The van der Waals surface area contributed by atoms with Crippen molar-refractivity contribution in [2.45, 2.75) is 53.2 Å². The second-order valence-electron chi connectivity index (χ2n) is 9.04. The molecular weight excluding hydrogens is 406 g/mol. The van der Waals surface area contributed by atoms with Gasteiger partial charge >= 0.3 is 0 Å². The van der Waals surface area contributed by atoms with Crippen molar-refractivity contribution in [3.05, 3.63) is 53.3 Å². The summed E-state index contributed by atoms with van der Waals surface area (Å²) in [5, 5.41) is 10.0. The molecular formula is C24H33N5O3. The summed E-state index contributed by atoms with van der Waals surface area (Å²) >= 11 is 0. The Morgan fingerprint density at radius 3 is 2.47 bits per heavy atom. The lowest BCUT2D eigenvalue weighted by Gasteiger charge is -2.22. The van der Waals surface area contributed by atoms with Gasteiger partial charge < -0.3 is 15.5 Å². The number of carbonyl (C=O) groups is 3. The van der Waals surface area contributed by atoms with Crippen LogP contribution in [0.4, 0.5) is 0 Å². The largest absolute Gasteiger partial charge is 0.354 e. The van der Waals surface area contributed by atoms with E-state index in [1.165, 1.54) is 6.07 Å². The van der Waals surface area contributed by atoms with Crippen LogP contribution in [0.15, 0.2) is 36.4 Å². The third-order valence-electron chi connectivity index (χ3n) is 5.45. The van der Waals surface area contributed by atoms with Gasteiger partial charge in [-0.25, -0.2) is 0 Å². The highest BCUT2D eigenvalue weighted by atomic mass is 16.2. The molecule has 0 saturated carbocycles. The molecule has 1 atom stereocenters. The number of amides is 3. The van der Waals surface area contributed by atoms with E-state index in [1.54, 1.807) is 9.58 Å². The summed E-state index contributed by atoms with van der Waals surface area (Å²) in [6.07, 6.45) is 0.751. The quantitative estimate of drug-likeness (QED) is 0.660. The van der Waals surface area contributed by atoms with Crippen molar-refractivity contribution in [3.8, 4) is 0 Å². The van der Waals surface area contributed by atoms with E-state index in [1.807, 2.05) is 58.0 Å². The summed E-state index contributed by atoms with van der Waals surface area (Å²) in [7, 11) is 0. The van der Waals surface area contributed by atoms with Crippen molar-refractivity contribution < 1.29 is 14.4 Å². The first-order valence-electron chi connectivity index (χ1n) is 11.3. The van der Waals surface area contributed by atoms with Crippen molar-refractivity contribution >= 4 is 17.7 Å². The average molecular weight is 440 g/mol. The zero-order valence-corrected chi connectivity index (χ0v) is 19.3. The first kappa shape index (κ1) is 23.5. The van der Waals surface area contributed by atoms with Gasteiger partial charge in [0.15, 0.2) is 5.69 Å². The Balaban J connectivity index is 1.73. The minimum Gasteiger partial charge on any atom is -0.354 e. The summed E-state index contributed by atoms with van der Waals surface area (Å²) in [6.45, 7) is 10.0. The van der Waals surface area contributed by atoms with Crippen molar-refractivity contribution in [3.63, 3.8) is 0 Å². The molecule has 0 spiro atoms. The summed E-state index contributed by atoms with van der Waals surface area (Å²) in [5.74, 6) is -0.585. The van der Waals surface area contributed by atoms with Crippen LogP contribution in [-0.2, 0) is 17.9 Å². The highest BCUT2D eigenvalue weighted by molar-refractivity contribution is 5.99. The van der Waals surface area contributed by atoms with E-state index in [4.69, 9.17) is 0 Å². The molecule has 0 unspecified atom stereocenters. The Kier molecular flexibility index (Phi) is 7.66. The summed E-state index contributed by atoms with van der Waals surface area (Å²) in [5.41, 5.74) is 1.60. The minimum atomic E-state index is -0.673. The van der Waals surface area contributed by atoms with Crippen LogP contribution < -0.4 is 10.6 Å². The number of aryl methyl sites for hydroxylation is 1. The van der Waals surface area contributed by atoms with Gasteiger partial charge in [0.2, 0.25) is 5.91 Å². The summed E-state index contributed by atoms with van der Waals surface area (Å²) in [4.78, 5) is 40.4. The van der Waals surface area contributed by atoms with Gasteiger partial charge in [-0.15, -0.1) is 0 Å². The molecule has 0 radical (unpaired) electrons. The fraction of sp³-hybridized carbons (Fsp3) is 0.500. The third-order valence-corrected chi connectivity index (χ3v) is 5.45. The molecule has 2 N–H and O–H groups in total. The van der Waals surface area contributed by atoms with Gasteiger partial charge in [-0.05, 0) is 23.8 Å². The van der Waals surface area contributed by atoms with Crippen LogP contribution in [0.2, 0.25) is 0 Å². The molecule has 2 heterocycles. The highest BCUT2D eigenvalue weighted by Gasteiger charge is 2.29. The van der Waals surface area contributed by atoms with Gasteiger partial charge in [-0.1, -0.05) is 58.0 Å². The van der Waals surface area contributed by atoms with Gasteiger partial charge in [0, 0.05) is 32.2 Å². The van der Waals surface area contributed by atoms with Gasteiger partial charge in [-0.2, -0.15) is 5.10 Å². The van der Waals surface area contributed by atoms with Crippen LogP contribution in [0.1, 0.15) is 60.7 Å². The summed E-state index contributed by atoms with van der Waals surface area (Å²) in [6, 6.07) is 10.7. The Hall–Kier alpha value is -3.16. The predicted octanol–water partition coefficient (Wildman–Crippen LogP) is 2.46. The standard InChI is InChI=1S/C24H33N5O3/c1-16(2)14-25-23(31)21(17(3)4)26-22(30)19-13-20-24(32)28(11-8-12-29(20)27-19)15-18-9-6-5-7-10-18/h5-7,9-10,13,16-17,21H,8,11-12,14-15H2,1-4H3,(H,25,31)(H,26,30)/t21-/m1/s1. The Morgan fingerprint density at radius 2 is 1.81 bits per heavy atom. The number of nitrogens with one attached hydrogen (secondary N) is 2. The van der Waals surface area contributed by atoms with E-state index in [0.717, 1.165) is 12.0 Å². The fourth-order valence-electron chi connectivity index (χ4n) is 3.66. The first-order valence-corrected chi connectivity index (χ1v) is 11.3. The highest BCUT2D eigenvalue weighted by Crippen LogP contribution is 2.17. The number of benzene rings is 1. The van der Waals surface area contributed by atoms with Crippen molar-refractivity contribution in [1.29, 1.82) is 0 Å². The van der Waals surface area contributed by atoms with E-state index in [0.29, 0.717) is 37.8 Å². The number of aromatic nitrogens is 2. The molecule has 1 aromatic heterocycles. The minimum absolute atomic E-state index is 0.0884. The Morgan fingerprint density at radius 1 is 1.09 bits per heavy atom. The zero-order chi connectivity index (χ0) is 23.3. The number of fused-ring (bicyclic) bond motifs is 1. The molecule has 2 aromatic rings. The number of nitrogens with zero attached hydrogens (tertiary/aromatic N) is 3. The number of hydrogen-bond acceptors (Lipinski definition) is 4. The van der Waals surface area contributed by atoms with Gasteiger partial charge in [-0.3, -0.25) is 19.1 Å². The molecule has 32 heavy (non-hydrogen) atoms. The predicted molar refractivity (Wildman–Crippen MR) is 122 cm³/mol. The smallest absolute Gasteiger partial charge is 0.272 e. The van der Waals surface area contributed by atoms with Crippen LogP contribution in [0, 0.1) is 11.8 Å². The maximum Gasteiger partial charge on any atom is 0.272 e. The van der Waals surface area contributed by atoms with E-state index in [2.05, 4.69) is 15.7 Å². The van der Waals surface area contributed by atoms with Gasteiger partial charge in [0.25, 0.3) is 11.8 Å². The molecule has 0 aliphatic carbocycles. The molecule has 0 bridgehead atoms. The second-order valence-corrected chi connectivity index (χ2v) is 9.04. The van der Waals surface area contributed by atoms with Gasteiger partial charge in [0.05, 0.1) is 0 Å². The first-order chi connectivity index (χ1) is 15.3. The topological polar surface area (TPSA) is 96.3 Å². The van der Waals surface area contributed by atoms with Gasteiger partial charge in [0.1, 0.15) is 11.7 Å². The molecule has 172 valence electrons. The SMILES string of the molecule is CC(C)CNC(=O)[C@H](NC(=O)c1cc2n(n1)CCCN(Cc1ccccc1)C2=O)C(C)C. The second kappa shape index (κ2) is 10.4. The normalized spacial score (nSPS) is 14.8.